The smallest absolute Gasteiger partial charge is 0.254 e. The lowest BCUT2D eigenvalue weighted by Gasteiger charge is -2.21. The molecule has 24 heavy (non-hydrogen) atoms. The molecule has 6 heteroatoms. The molecule has 0 aliphatic heterocycles. The normalized spacial score (nSPS) is 23.2. The van der Waals surface area contributed by atoms with Crippen molar-refractivity contribution in [1.82, 2.24) is 5.32 Å². The van der Waals surface area contributed by atoms with Gasteiger partial charge in [-0.3, -0.25) is 4.79 Å². The Balaban J connectivity index is 1.44. The van der Waals surface area contributed by atoms with E-state index < -0.39 is 6.10 Å². The predicted octanol–water partition coefficient (Wildman–Crippen LogP) is 2.76. The van der Waals surface area contributed by atoms with Crippen LogP contribution in [-0.2, 0) is 0 Å². The number of rotatable bonds is 6. The second-order valence-electron chi connectivity index (χ2n) is 5.99. The number of aliphatic hydroxyl groups excluding tert-OH is 1. The van der Waals surface area contributed by atoms with Crippen LogP contribution in [0, 0.1) is 11.7 Å². The minimum absolute atomic E-state index is 0.0695. The van der Waals surface area contributed by atoms with Crippen LogP contribution < -0.4 is 10.1 Å². The van der Waals surface area contributed by atoms with Crippen molar-refractivity contribution in [2.75, 3.05) is 6.54 Å². The SMILES string of the molecule is O=C(NCC[C@H]1CC[C@@H](Oc2ccc(F)cc2)[C@@H]1O)c1ccoc1. The van der Waals surface area contributed by atoms with Gasteiger partial charge in [0.25, 0.3) is 5.91 Å². The summed E-state index contributed by atoms with van der Waals surface area (Å²) < 4.78 is 23.5. The monoisotopic (exact) mass is 333 g/mol. The lowest BCUT2D eigenvalue weighted by Crippen LogP contribution is -2.32. The molecule has 1 heterocycles. The molecule has 1 fully saturated rings. The average molecular weight is 333 g/mol. The Morgan fingerprint density at radius 3 is 2.79 bits per heavy atom. The molecule has 0 spiro atoms. The van der Waals surface area contributed by atoms with E-state index in [2.05, 4.69) is 5.32 Å². The van der Waals surface area contributed by atoms with E-state index in [0.717, 1.165) is 12.8 Å². The van der Waals surface area contributed by atoms with E-state index in [-0.39, 0.29) is 23.7 Å². The predicted molar refractivity (Wildman–Crippen MR) is 85.2 cm³/mol. The molecule has 3 rings (SSSR count). The molecule has 2 aromatic rings. The van der Waals surface area contributed by atoms with Gasteiger partial charge in [0.15, 0.2) is 0 Å². The Labute approximate surface area is 139 Å². The van der Waals surface area contributed by atoms with Crippen molar-refractivity contribution >= 4 is 5.91 Å². The van der Waals surface area contributed by atoms with Gasteiger partial charge in [-0.25, -0.2) is 4.39 Å². The molecule has 128 valence electrons. The maximum absolute atomic E-state index is 12.9. The Hall–Kier alpha value is -2.34. The number of furan rings is 1. The zero-order chi connectivity index (χ0) is 16.9. The van der Waals surface area contributed by atoms with Gasteiger partial charge in [-0.15, -0.1) is 0 Å². The molecule has 0 bridgehead atoms. The summed E-state index contributed by atoms with van der Waals surface area (Å²) in [6, 6.07) is 7.38. The van der Waals surface area contributed by atoms with Crippen LogP contribution in [0.15, 0.2) is 47.3 Å². The molecule has 1 aromatic heterocycles. The molecule has 1 amide bonds. The van der Waals surface area contributed by atoms with Crippen molar-refractivity contribution in [2.24, 2.45) is 5.92 Å². The van der Waals surface area contributed by atoms with Crippen molar-refractivity contribution in [2.45, 2.75) is 31.5 Å². The highest BCUT2D eigenvalue weighted by Crippen LogP contribution is 2.31. The van der Waals surface area contributed by atoms with Crippen molar-refractivity contribution in [3.63, 3.8) is 0 Å². The summed E-state index contributed by atoms with van der Waals surface area (Å²) in [5, 5.41) is 13.2. The summed E-state index contributed by atoms with van der Waals surface area (Å²) in [4.78, 5) is 11.8. The van der Waals surface area contributed by atoms with Crippen LogP contribution in [0.2, 0.25) is 0 Å². The Kier molecular flexibility index (Phi) is 5.15. The van der Waals surface area contributed by atoms with Crippen LogP contribution in [0.4, 0.5) is 4.39 Å². The maximum Gasteiger partial charge on any atom is 0.254 e. The molecule has 0 unspecified atom stereocenters. The van der Waals surface area contributed by atoms with Gasteiger partial charge in [-0.05, 0) is 55.5 Å². The standard InChI is InChI=1S/C18H20FNO4/c19-14-2-4-15(5-3-14)24-16-6-1-12(17(16)21)7-9-20-18(22)13-8-10-23-11-13/h2-5,8,10-12,16-17,21H,1,6-7,9H2,(H,20,22)/t12-,16-,17-/m1/s1. The second-order valence-corrected chi connectivity index (χ2v) is 5.99. The Morgan fingerprint density at radius 1 is 1.29 bits per heavy atom. The number of carbonyl (C=O) groups is 1. The van der Waals surface area contributed by atoms with Crippen molar-refractivity contribution in [1.29, 1.82) is 0 Å². The maximum atomic E-state index is 12.9. The summed E-state index contributed by atoms with van der Waals surface area (Å²) in [7, 11) is 0. The molecule has 0 saturated heterocycles. The number of hydrogen-bond acceptors (Lipinski definition) is 4. The molecule has 1 aromatic carbocycles. The highest BCUT2D eigenvalue weighted by Gasteiger charge is 2.35. The third-order valence-corrected chi connectivity index (χ3v) is 4.37. The van der Waals surface area contributed by atoms with Crippen molar-refractivity contribution < 1.29 is 23.4 Å². The molecule has 1 aliphatic rings. The number of hydrogen-bond donors (Lipinski definition) is 2. The van der Waals surface area contributed by atoms with Crippen LogP contribution in [0.1, 0.15) is 29.6 Å². The van der Waals surface area contributed by atoms with Crippen LogP contribution in [0.3, 0.4) is 0 Å². The van der Waals surface area contributed by atoms with Gasteiger partial charge in [0.2, 0.25) is 0 Å². The van der Waals surface area contributed by atoms with Crippen LogP contribution >= 0.6 is 0 Å². The third-order valence-electron chi connectivity index (χ3n) is 4.37. The Bertz CT molecular complexity index is 656. The Morgan fingerprint density at radius 2 is 2.08 bits per heavy atom. The lowest BCUT2D eigenvalue weighted by molar-refractivity contribution is 0.0329. The zero-order valence-corrected chi connectivity index (χ0v) is 13.2. The lowest BCUT2D eigenvalue weighted by atomic mass is 10.0. The van der Waals surface area contributed by atoms with Gasteiger partial charge >= 0.3 is 0 Å². The highest BCUT2D eigenvalue weighted by molar-refractivity contribution is 5.93. The van der Waals surface area contributed by atoms with Crippen molar-refractivity contribution in [3.8, 4) is 5.75 Å². The minimum atomic E-state index is -0.596. The second kappa shape index (κ2) is 7.49. The quantitative estimate of drug-likeness (QED) is 0.853. The number of carbonyl (C=O) groups excluding carboxylic acids is 1. The fraction of sp³-hybridized carbons (Fsp3) is 0.389. The number of halogens is 1. The van der Waals surface area contributed by atoms with E-state index in [1.165, 1.54) is 24.7 Å². The molecular weight excluding hydrogens is 313 g/mol. The van der Waals surface area contributed by atoms with Gasteiger partial charge in [-0.1, -0.05) is 0 Å². The third kappa shape index (κ3) is 3.94. The van der Waals surface area contributed by atoms with E-state index in [4.69, 9.17) is 9.15 Å². The van der Waals surface area contributed by atoms with Gasteiger partial charge in [0.05, 0.1) is 17.9 Å². The fourth-order valence-corrected chi connectivity index (χ4v) is 3.02. The van der Waals surface area contributed by atoms with Gasteiger partial charge < -0.3 is 19.6 Å². The highest BCUT2D eigenvalue weighted by atomic mass is 19.1. The molecular formula is C18H20FNO4. The fourth-order valence-electron chi connectivity index (χ4n) is 3.02. The first-order valence-electron chi connectivity index (χ1n) is 8.04. The van der Waals surface area contributed by atoms with E-state index >= 15 is 0 Å². The largest absolute Gasteiger partial charge is 0.488 e. The first-order valence-corrected chi connectivity index (χ1v) is 8.04. The molecule has 2 N–H and O–H groups in total. The molecule has 5 nitrogen and oxygen atoms in total. The first-order chi connectivity index (χ1) is 11.6. The van der Waals surface area contributed by atoms with Crippen LogP contribution in [0.5, 0.6) is 5.75 Å². The topological polar surface area (TPSA) is 71.7 Å². The number of nitrogens with one attached hydrogen (secondary N) is 1. The summed E-state index contributed by atoms with van der Waals surface area (Å²) >= 11 is 0. The van der Waals surface area contributed by atoms with Crippen LogP contribution in [-0.4, -0.2) is 29.8 Å². The van der Waals surface area contributed by atoms with E-state index in [1.54, 1.807) is 18.2 Å². The summed E-state index contributed by atoms with van der Waals surface area (Å²) in [5.74, 6) is 0.116. The van der Waals surface area contributed by atoms with Gasteiger partial charge in [0.1, 0.15) is 23.9 Å². The minimum Gasteiger partial charge on any atom is -0.488 e. The zero-order valence-electron chi connectivity index (χ0n) is 13.2. The number of amides is 1. The molecule has 1 saturated carbocycles. The number of aliphatic hydroxyl groups is 1. The summed E-state index contributed by atoms with van der Waals surface area (Å²) in [6.45, 7) is 0.481. The van der Waals surface area contributed by atoms with Crippen LogP contribution in [0.25, 0.3) is 0 Å². The van der Waals surface area contributed by atoms with E-state index in [1.807, 2.05) is 0 Å². The summed E-state index contributed by atoms with van der Waals surface area (Å²) in [5.41, 5.74) is 0.486. The van der Waals surface area contributed by atoms with Gasteiger partial charge in [0, 0.05) is 6.54 Å². The average Bonchev–Trinajstić information content (AvgIpc) is 3.22. The molecule has 1 aliphatic carbocycles. The molecule has 3 atom stereocenters. The van der Waals surface area contributed by atoms with E-state index in [0.29, 0.717) is 24.3 Å². The number of benzene rings is 1. The number of ether oxygens (including phenoxy) is 1. The molecule has 0 radical (unpaired) electrons. The van der Waals surface area contributed by atoms with Gasteiger partial charge in [-0.2, -0.15) is 0 Å². The summed E-state index contributed by atoms with van der Waals surface area (Å²) in [6.07, 6.45) is 4.19. The van der Waals surface area contributed by atoms with E-state index in [9.17, 15) is 14.3 Å². The first kappa shape index (κ1) is 16.5. The van der Waals surface area contributed by atoms with Crippen molar-refractivity contribution in [3.05, 3.63) is 54.2 Å².